The fourth-order valence-electron chi connectivity index (χ4n) is 6.33. The summed E-state index contributed by atoms with van der Waals surface area (Å²) < 4.78 is 15.7. The van der Waals surface area contributed by atoms with Gasteiger partial charge < -0.3 is 23.8 Å². The average Bonchev–Trinajstić information content (AvgIpc) is 3.70. The molecule has 0 bridgehead atoms. The Morgan fingerprint density at radius 2 is 0.533 bits per heavy atom. The molecule has 0 N–H and O–H groups in total. The highest BCUT2D eigenvalue weighted by molar-refractivity contribution is 8.77. The first-order valence-electron chi connectivity index (χ1n) is 28.7. The number of pyridine rings is 5. The molecule has 0 fully saturated rings. The topological polar surface area (TPSA) is 177 Å². The van der Waals surface area contributed by atoms with Crippen LogP contribution < -0.4 is 14.2 Å². The molecule has 0 aliphatic carbocycles. The van der Waals surface area contributed by atoms with Crippen LogP contribution in [0.2, 0.25) is 0 Å². The zero-order chi connectivity index (χ0) is 64.3. The second-order valence-corrected chi connectivity index (χ2v) is 30.8. The quantitative estimate of drug-likeness (QED) is 0.0164. The van der Waals surface area contributed by atoms with Crippen LogP contribution in [0.3, 0.4) is 0 Å². The molecule has 13 nitrogen and oxygen atoms in total. The van der Waals surface area contributed by atoms with Gasteiger partial charge in [0.15, 0.2) is 0 Å². The summed E-state index contributed by atoms with van der Waals surface area (Å²) in [5.74, 6) is 6.52. The molecular formula is C67H75N5O8S10. The monoisotopic (exact) mass is 1400 g/mol. The van der Waals surface area contributed by atoms with Gasteiger partial charge in [-0.2, -0.15) is 0 Å². The van der Waals surface area contributed by atoms with Gasteiger partial charge in [-0.15, -0.1) is 0 Å². The Morgan fingerprint density at radius 1 is 0.300 bits per heavy atom. The third kappa shape index (κ3) is 41.9. The van der Waals surface area contributed by atoms with Crippen molar-refractivity contribution in [2.24, 2.45) is 0 Å². The standard InChI is InChI=1S/2C16H17NO2S2.C15H15NO2S2.2C10H13NOS2/c2*1-13-7-9-14(10-8-13)19-16(18)6-4-12-20-21-15-5-2-3-11-17-15;17-15(18-13-7-2-1-3-8-13)10-6-12-19-20-14-9-4-5-11-16-14;2*1-9(12)5-4-8-13-14-10-6-2-3-7-11-10/h2*2-3,5,7-11H,4,6,12H2,1H3;1-5,7-9,11H,6,10,12H2;2*2-3,6-7H,4-5,8H2,1H3. The van der Waals surface area contributed by atoms with Gasteiger partial charge in [0, 0.05) is 91.9 Å². The van der Waals surface area contributed by atoms with Crippen LogP contribution in [0.1, 0.15) is 89.2 Å². The van der Waals surface area contributed by atoms with Crippen LogP contribution in [0.5, 0.6) is 17.2 Å². The summed E-state index contributed by atoms with van der Waals surface area (Å²) in [4.78, 5) is 77.3. The molecule has 0 aliphatic heterocycles. The van der Waals surface area contributed by atoms with Gasteiger partial charge in [-0.1, -0.05) is 138 Å². The molecule has 23 heteroatoms. The fraction of sp³-hybridized carbons (Fsp3) is 0.284. The van der Waals surface area contributed by atoms with Crippen molar-refractivity contribution in [1.82, 2.24) is 24.9 Å². The molecule has 0 saturated heterocycles. The van der Waals surface area contributed by atoms with E-state index < -0.39 is 0 Å². The summed E-state index contributed by atoms with van der Waals surface area (Å²) in [6.45, 7) is 7.28. The SMILES string of the molecule is CC(=O)CCCSSc1ccccn1.CC(=O)CCCSSc1ccccn1.Cc1ccc(OC(=O)CCCSSc2ccccn2)cc1.Cc1ccc(OC(=O)CCCSSc2ccccn2)cc1.O=C(CCCSSc1ccccn1)Oc1ccccc1. The maximum Gasteiger partial charge on any atom is 0.311 e. The average molecular weight is 1400 g/mol. The number of esters is 3. The molecule has 8 rings (SSSR count). The number of carbonyl (C=O) groups excluding carboxylic acids is 5. The number of carbonyl (C=O) groups is 5. The molecule has 8 aromatic rings. The van der Waals surface area contributed by atoms with Crippen LogP contribution in [-0.2, 0) is 24.0 Å². The molecule has 5 aromatic heterocycles. The van der Waals surface area contributed by atoms with Gasteiger partial charge in [0.05, 0.1) is 0 Å². The molecule has 5 heterocycles. The highest BCUT2D eigenvalue weighted by Gasteiger charge is 2.08. The number of aromatic nitrogens is 5. The van der Waals surface area contributed by atoms with Gasteiger partial charge in [0.2, 0.25) is 0 Å². The van der Waals surface area contributed by atoms with Crippen molar-refractivity contribution in [2.75, 3.05) is 28.8 Å². The van der Waals surface area contributed by atoms with Crippen molar-refractivity contribution in [3.05, 3.63) is 212 Å². The molecule has 0 aliphatic rings. The van der Waals surface area contributed by atoms with E-state index in [1.165, 1.54) is 0 Å². The van der Waals surface area contributed by atoms with Crippen molar-refractivity contribution >= 4 is 137 Å². The number of para-hydroxylation sites is 1. The van der Waals surface area contributed by atoms with E-state index in [1.807, 2.05) is 172 Å². The molecule has 0 radical (unpaired) electrons. The molecule has 3 aromatic carbocycles. The maximum atomic E-state index is 11.7. The van der Waals surface area contributed by atoms with E-state index in [9.17, 15) is 24.0 Å². The third-order valence-corrected chi connectivity index (χ3v) is 22.5. The second-order valence-electron chi connectivity index (χ2n) is 18.6. The lowest BCUT2D eigenvalue weighted by Crippen LogP contribution is -2.07. The number of hydrogen-bond acceptors (Lipinski definition) is 23. The molecule has 90 heavy (non-hydrogen) atoms. The lowest BCUT2D eigenvalue weighted by atomic mass is 10.2. The lowest BCUT2D eigenvalue weighted by molar-refractivity contribution is -0.135. The van der Waals surface area contributed by atoms with Gasteiger partial charge >= 0.3 is 17.9 Å². The van der Waals surface area contributed by atoms with Crippen molar-refractivity contribution in [2.45, 2.75) is 117 Å². The van der Waals surface area contributed by atoms with Gasteiger partial charge in [0.25, 0.3) is 0 Å². The number of aryl methyl sites for hydroxylation is 2. The maximum absolute atomic E-state index is 11.7. The van der Waals surface area contributed by atoms with Crippen LogP contribution in [0, 0.1) is 13.8 Å². The molecule has 476 valence electrons. The van der Waals surface area contributed by atoms with Crippen LogP contribution in [0.15, 0.2) is 226 Å². The van der Waals surface area contributed by atoms with Crippen molar-refractivity contribution in [3.63, 3.8) is 0 Å². The van der Waals surface area contributed by atoms with Crippen LogP contribution in [0.25, 0.3) is 0 Å². The van der Waals surface area contributed by atoms with E-state index >= 15 is 0 Å². The Kier molecular flexibility index (Phi) is 43.9. The summed E-state index contributed by atoms with van der Waals surface area (Å²) in [6.07, 6.45) is 15.9. The summed E-state index contributed by atoms with van der Waals surface area (Å²) in [5.41, 5.74) is 2.30. The minimum Gasteiger partial charge on any atom is -0.427 e. The highest BCUT2D eigenvalue weighted by atomic mass is 33.1. The minimum atomic E-state index is -0.181. The molecule has 0 unspecified atom stereocenters. The largest absolute Gasteiger partial charge is 0.427 e. The minimum absolute atomic E-state index is 0.178. The summed E-state index contributed by atoms with van der Waals surface area (Å²) in [7, 11) is 16.8. The van der Waals surface area contributed by atoms with Gasteiger partial charge in [-0.3, -0.25) is 14.4 Å². The third-order valence-electron chi connectivity index (χ3n) is 10.7. The number of rotatable bonds is 33. The molecule has 0 amide bonds. The number of nitrogens with zero attached hydrogens (tertiary/aromatic N) is 5. The predicted molar refractivity (Wildman–Crippen MR) is 386 cm³/mol. The number of ketones is 2. The summed E-state index contributed by atoms with van der Waals surface area (Å²) >= 11 is 0. The van der Waals surface area contributed by atoms with Crippen molar-refractivity contribution in [1.29, 1.82) is 0 Å². The van der Waals surface area contributed by atoms with Crippen LogP contribution in [-0.4, -0.2) is 83.2 Å². The molecule has 0 atom stereocenters. The zero-order valence-corrected chi connectivity index (χ0v) is 58.9. The summed E-state index contributed by atoms with van der Waals surface area (Å²) in [5, 5.41) is 5.03. The number of Topliss-reactive ketones (excluding diaryl/α,β-unsaturated/α-hetero) is 2. The van der Waals surface area contributed by atoms with Crippen LogP contribution in [0.4, 0.5) is 0 Å². The highest BCUT2D eigenvalue weighted by Crippen LogP contribution is 2.33. The predicted octanol–water partition coefficient (Wildman–Crippen LogP) is 19.6. The molecular weight excluding hydrogens is 1320 g/mol. The zero-order valence-electron chi connectivity index (χ0n) is 50.7. The number of ether oxygens (including phenoxy) is 3. The fourth-order valence-corrected chi connectivity index (χ4v) is 16.2. The Hall–Kier alpha value is -5.34. The van der Waals surface area contributed by atoms with Crippen LogP contribution >= 0.6 is 108 Å². The van der Waals surface area contributed by atoms with E-state index in [-0.39, 0.29) is 29.5 Å². The Labute approximate surface area is 570 Å². The van der Waals surface area contributed by atoms with Crippen molar-refractivity contribution < 1.29 is 38.2 Å². The first kappa shape index (κ1) is 77.1. The first-order chi connectivity index (χ1) is 43.9. The van der Waals surface area contributed by atoms with Crippen molar-refractivity contribution in [3.8, 4) is 17.2 Å². The normalized spacial score (nSPS) is 10.2. The van der Waals surface area contributed by atoms with Gasteiger partial charge in [-0.25, -0.2) is 24.9 Å². The van der Waals surface area contributed by atoms with E-state index in [1.54, 1.807) is 165 Å². The second kappa shape index (κ2) is 51.2. The smallest absolute Gasteiger partial charge is 0.311 e. The van der Waals surface area contributed by atoms with E-state index in [0.29, 0.717) is 49.4 Å². The Morgan fingerprint density at radius 3 is 0.767 bits per heavy atom. The van der Waals surface area contributed by atoms with E-state index in [4.69, 9.17) is 14.2 Å². The van der Waals surface area contributed by atoms with E-state index in [2.05, 4.69) is 24.9 Å². The van der Waals surface area contributed by atoms with Gasteiger partial charge in [0.1, 0.15) is 53.9 Å². The summed E-state index contributed by atoms with van der Waals surface area (Å²) in [6, 6.07) is 53.4. The van der Waals surface area contributed by atoms with E-state index in [0.717, 1.165) is 97.1 Å². The van der Waals surface area contributed by atoms with Gasteiger partial charge in [-0.05, 0) is 211 Å². The lowest BCUT2D eigenvalue weighted by Gasteiger charge is -2.04. The number of benzene rings is 3. The first-order valence-corrected chi connectivity index (χ1v) is 40.3. The molecule has 0 saturated carbocycles. The number of hydrogen-bond donors (Lipinski definition) is 0. The Balaban J connectivity index is 0.000000243. The molecule has 0 spiro atoms. The Bertz CT molecular complexity index is 3000.